The lowest BCUT2D eigenvalue weighted by Crippen LogP contribution is -2.36. The smallest absolute Gasteiger partial charge is 0.230 e. The van der Waals surface area contributed by atoms with Crippen LogP contribution in [0.15, 0.2) is 59.6 Å². The highest BCUT2D eigenvalue weighted by Gasteiger charge is 2.19. The summed E-state index contributed by atoms with van der Waals surface area (Å²) in [5.41, 5.74) is 2.04. The molecule has 1 fully saturated rings. The van der Waals surface area contributed by atoms with Gasteiger partial charge in [-0.1, -0.05) is 74.1 Å². The highest BCUT2D eigenvalue weighted by Crippen LogP contribution is 2.27. The minimum absolute atomic E-state index is 0.00924. The van der Waals surface area contributed by atoms with E-state index in [4.69, 9.17) is 14.7 Å². The van der Waals surface area contributed by atoms with E-state index >= 15 is 0 Å². The number of morpholine rings is 1. The van der Waals surface area contributed by atoms with Gasteiger partial charge in [0.15, 0.2) is 0 Å². The molecule has 1 N–H and O–H groups in total. The van der Waals surface area contributed by atoms with Crippen molar-refractivity contribution >= 4 is 28.6 Å². The molecule has 3 aromatic rings. The number of aromatic nitrogens is 2. The molecule has 1 aliphatic heterocycles. The molecular formula is C25H30N4O2S. The van der Waals surface area contributed by atoms with E-state index in [9.17, 15) is 4.79 Å². The van der Waals surface area contributed by atoms with Crippen molar-refractivity contribution < 1.29 is 9.53 Å². The number of thioether (sulfide) groups is 1. The average molecular weight is 451 g/mol. The molecular weight excluding hydrogens is 420 g/mol. The molecule has 4 rings (SSSR count). The van der Waals surface area contributed by atoms with Gasteiger partial charge in [-0.25, -0.2) is 9.97 Å². The molecule has 0 radical (unpaired) electrons. The van der Waals surface area contributed by atoms with Crippen LogP contribution in [-0.2, 0) is 16.1 Å². The topological polar surface area (TPSA) is 67.4 Å². The maximum Gasteiger partial charge on any atom is 0.230 e. The van der Waals surface area contributed by atoms with E-state index in [1.807, 2.05) is 42.5 Å². The Morgan fingerprint density at radius 1 is 1.06 bits per heavy atom. The van der Waals surface area contributed by atoms with E-state index < -0.39 is 0 Å². The zero-order valence-corrected chi connectivity index (χ0v) is 19.5. The van der Waals surface area contributed by atoms with E-state index in [0.29, 0.717) is 18.2 Å². The SMILES string of the molecule is CC(C)C(NC(=O)CSc1nc(CN2CCOCC2)nc2ccccc12)c1ccccc1. The third-order valence-corrected chi connectivity index (χ3v) is 6.56. The molecule has 0 saturated carbocycles. The fourth-order valence-electron chi connectivity index (χ4n) is 3.88. The first-order valence-corrected chi connectivity index (χ1v) is 12.1. The van der Waals surface area contributed by atoms with Gasteiger partial charge in [0.1, 0.15) is 10.9 Å². The molecule has 2 aromatic carbocycles. The van der Waals surface area contributed by atoms with Crippen molar-refractivity contribution in [3.8, 4) is 0 Å². The van der Waals surface area contributed by atoms with Gasteiger partial charge in [0, 0.05) is 18.5 Å². The molecule has 1 amide bonds. The van der Waals surface area contributed by atoms with Crippen molar-refractivity contribution in [2.75, 3.05) is 32.1 Å². The lowest BCUT2D eigenvalue weighted by atomic mass is 9.96. The van der Waals surface area contributed by atoms with Gasteiger partial charge in [0.05, 0.1) is 37.1 Å². The van der Waals surface area contributed by atoms with Gasteiger partial charge in [0.2, 0.25) is 5.91 Å². The third kappa shape index (κ3) is 5.85. The van der Waals surface area contributed by atoms with Crippen molar-refractivity contribution in [3.63, 3.8) is 0 Å². The number of fused-ring (bicyclic) bond motifs is 1. The Kier molecular flexibility index (Phi) is 7.73. The van der Waals surface area contributed by atoms with Crippen molar-refractivity contribution in [2.24, 2.45) is 5.92 Å². The molecule has 0 bridgehead atoms. The van der Waals surface area contributed by atoms with Gasteiger partial charge >= 0.3 is 0 Å². The number of benzene rings is 2. The fourth-order valence-corrected chi connectivity index (χ4v) is 4.73. The summed E-state index contributed by atoms with van der Waals surface area (Å²) in [6.07, 6.45) is 0. The largest absolute Gasteiger partial charge is 0.379 e. The van der Waals surface area contributed by atoms with Crippen LogP contribution in [0.2, 0.25) is 0 Å². The molecule has 32 heavy (non-hydrogen) atoms. The molecule has 2 heterocycles. The van der Waals surface area contributed by atoms with E-state index in [1.54, 1.807) is 0 Å². The highest BCUT2D eigenvalue weighted by molar-refractivity contribution is 8.00. The Morgan fingerprint density at radius 2 is 1.78 bits per heavy atom. The average Bonchev–Trinajstić information content (AvgIpc) is 2.82. The van der Waals surface area contributed by atoms with Crippen LogP contribution in [0.4, 0.5) is 0 Å². The summed E-state index contributed by atoms with van der Waals surface area (Å²) < 4.78 is 5.45. The molecule has 6 nitrogen and oxygen atoms in total. The molecule has 1 aromatic heterocycles. The van der Waals surface area contributed by atoms with Crippen LogP contribution in [0.1, 0.15) is 31.3 Å². The quantitative estimate of drug-likeness (QED) is 0.412. The van der Waals surface area contributed by atoms with Gasteiger partial charge in [-0.2, -0.15) is 0 Å². The molecule has 0 spiro atoms. The number of amides is 1. The van der Waals surface area contributed by atoms with Gasteiger partial charge in [0.25, 0.3) is 0 Å². The maximum atomic E-state index is 12.8. The minimum Gasteiger partial charge on any atom is -0.379 e. The maximum absolute atomic E-state index is 12.8. The van der Waals surface area contributed by atoms with Crippen molar-refractivity contribution in [2.45, 2.75) is 31.5 Å². The summed E-state index contributed by atoms with van der Waals surface area (Å²) in [4.78, 5) is 24.7. The Labute approximate surface area is 193 Å². The highest BCUT2D eigenvalue weighted by atomic mass is 32.2. The standard InChI is InChI=1S/C25H30N4O2S/c1-18(2)24(19-8-4-3-5-9-19)28-23(30)17-32-25-20-10-6-7-11-21(20)26-22(27-25)16-29-12-14-31-15-13-29/h3-11,18,24H,12-17H2,1-2H3,(H,28,30). The van der Waals surface area contributed by atoms with Gasteiger partial charge < -0.3 is 10.1 Å². The number of para-hydroxylation sites is 1. The molecule has 1 unspecified atom stereocenters. The zero-order valence-electron chi connectivity index (χ0n) is 18.7. The second kappa shape index (κ2) is 10.9. The van der Waals surface area contributed by atoms with Crippen LogP contribution < -0.4 is 5.32 Å². The number of hydrogen-bond donors (Lipinski definition) is 1. The van der Waals surface area contributed by atoms with Gasteiger partial charge in [-0.3, -0.25) is 9.69 Å². The van der Waals surface area contributed by atoms with Crippen molar-refractivity contribution in [1.29, 1.82) is 0 Å². The Balaban J connectivity index is 1.47. The number of carbonyl (C=O) groups excluding carboxylic acids is 1. The fraction of sp³-hybridized carbons (Fsp3) is 0.400. The van der Waals surface area contributed by atoms with Crippen molar-refractivity contribution in [3.05, 3.63) is 66.0 Å². The zero-order chi connectivity index (χ0) is 22.3. The molecule has 1 aliphatic rings. The van der Waals surface area contributed by atoms with E-state index in [0.717, 1.165) is 53.6 Å². The predicted octanol–water partition coefficient (Wildman–Crippen LogP) is 4.07. The Bertz CT molecular complexity index is 1040. The summed E-state index contributed by atoms with van der Waals surface area (Å²) in [6, 6.07) is 18.1. The van der Waals surface area contributed by atoms with Crippen LogP contribution >= 0.6 is 11.8 Å². The number of carbonyl (C=O) groups is 1. The van der Waals surface area contributed by atoms with Crippen LogP contribution in [0, 0.1) is 5.92 Å². The normalized spacial score (nSPS) is 15.7. The Morgan fingerprint density at radius 3 is 2.53 bits per heavy atom. The molecule has 168 valence electrons. The summed E-state index contributed by atoms with van der Waals surface area (Å²) in [5.74, 6) is 1.41. The van der Waals surface area contributed by atoms with Gasteiger partial charge in [-0.05, 0) is 17.5 Å². The lowest BCUT2D eigenvalue weighted by Gasteiger charge is -2.26. The third-order valence-electron chi connectivity index (χ3n) is 5.57. The van der Waals surface area contributed by atoms with E-state index in [1.165, 1.54) is 11.8 Å². The van der Waals surface area contributed by atoms with E-state index in [2.05, 4.69) is 36.2 Å². The summed E-state index contributed by atoms with van der Waals surface area (Å²) in [5, 5.41) is 5.05. The van der Waals surface area contributed by atoms with Crippen LogP contribution in [0.5, 0.6) is 0 Å². The van der Waals surface area contributed by atoms with E-state index in [-0.39, 0.29) is 11.9 Å². The van der Waals surface area contributed by atoms with Crippen LogP contribution in [-0.4, -0.2) is 52.8 Å². The van der Waals surface area contributed by atoms with Crippen molar-refractivity contribution in [1.82, 2.24) is 20.2 Å². The second-order valence-corrected chi connectivity index (χ2v) is 9.30. The summed E-state index contributed by atoms with van der Waals surface area (Å²) in [6.45, 7) is 8.20. The number of ether oxygens (including phenoxy) is 1. The molecule has 1 saturated heterocycles. The summed E-state index contributed by atoms with van der Waals surface area (Å²) in [7, 11) is 0. The predicted molar refractivity (Wildman–Crippen MR) is 129 cm³/mol. The number of nitrogens with zero attached hydrogens (tertiary/aromatic N) is 3. The first-order valence-electron chi connectivity index (χ1n) is 11.1. The Hall–Kier alpha value is -2.48. The molecule has 1 atom stereocenters. The van der Waals surface area contributed by atoms with Gasteiger partial charge in [-0.15, -0.1) is 0 Å². The monoisotopic (exact) mass is 450 g/mol. The molecule has 7 heteroatoms. The molecule has 0 aliphatic carbocycles. The first kappa shape index (κ1) is 22.7. The lowest BCUT2D eigenvalue weighted by molar-refractivity contribution is -0.119. The number of rotatable bonds is 8. The number of nitrogens with one attached hydrogen (secondary N) is 1. The minimum atomic E-state index is -0.0108. The summed E-state index contributed by atoms with van der Waals surface area (Å²) >= 11 is 1.48. The first-order chi connectivity index (χ1) is 15.6. The van der Waals surface area contributed by atoms with Crippen LogP contribution in [0.3, 0.4) is 0 Å². The second-order valence-electron chi connectivity index (χ2n) is 8.34. The number of hydrogen-bond acceptors (Lipinski definition) is 6. The van der Waals surface area contributed by atoms with Crippen LogP contribution in [0.25, 0.3) is 10.9 Å².